The van der Waals surface area contributed by atoms with Crippen molar-refractivity contribution in [2.45, 2.75) is 40.2 Å². The fourth-order valence-corrected chi connectivity index (χ4v) is 4.96. The van der Waals surface area contributed by atoms with Gasteiger partial charge in [-0.3, -0.25) is 9.69 Å². The molecule has 1 aliphatic rings. The normalized spacial score (nSPS) is 15.1. The van der Waals surface area contributed by atoms with Crippen LogP contribution in [0.3, 0.4) is 0 Å². The Balaban J connectivity index is 1.58. The fraction of sp³-hybridized carbons (Fsp3) is 0.522. The summed E-state index contributed by atoms with van der Waals surface area (Å²) in [7, 11) is 0. The molecule has 3 aromatic heterocycles. The van der Waals surface area contributed by atoms with E-state index in [1.165, 1.54) is 9.75 Å². The Morgan fingerprint density at radius 1 is 1.26 bits per heavy atom. The van der Waals surface area contributed by atoms with Crippen molar-refractivity contribution in [2.75, 3.05) is 39.4 Å². The molecule has 1 N–H and O–H groups in total. The fourth-order valence-electron chi connectivity index (χ4n) is 4.03. The van der Waals surface area contributed by atoms with Crippen LogP contribution in [0.4, 0.5) is 0 Å². The second-order valence-electron chi connectivity index (χ2n) is 8.37. The van der Waals surface area contributed by atoms with Gasteiger partial charge in [0.05, 0.1) is 36.1 Å². The van der Waals surface area contributed by atoms with Crippen LogP contribution >= 0.6 is 11.3 Å². The Bertz CT molecular complexity index is 1070. The summed E-state index contributed by atoms with van der Waals surface area (Å²) in [5.74, 6) is -0.0662. The maximum atomic E-state index is 13.2. The summed E-state index contributed by atoms with van der Waals surface area (Å²) in [5, 5.41) is 8.42. The van der Waals surface area contributed by atoms with Gasteiger partial charge in [0, 0.05) is 41.0 Å². The number of pyridine rings is 1. The standard InChI is InChI=1S/C23H31N5O2S/c1-15(2)28-22-20(14-25-28)19(13-21(26-22)18-12-16(3)31-17(18)4)23(29)24-6-5-7-27-8-10-30-11-9-27/h12-15H,5-11H2,1-4H3,(H,24,29). The predicted octanol–water partition coefficient (Wildman–Crippen LogP) is 3.81. The summed E-state index contributed by atoms with van der Waals surface area (Å²) in [6, 6.07) is 4.23. The van der Waals surface area contributed by atoms with Crippen LogP contribution in [-0.4, -0.2) is 65.0 Å². The maximum absolute atomic E-state index is 13.2. The van der Waals surface area contributed by atoms with Gasteiger partial charge in [-0.05, 0) is 52.8 Å². The lowest BCUT2D eigenvalue weighted by Gasteiger charge is -2.26. The van der Waals surface area contributed by atoms with Gasteiger partial charge in [0.25, 0.3) is 5.91 Å². The molecule has 1 aliphatic heterocycles. The number of morpholine rings is 1. The van der Waals surface area contributed by atoms with Crippen molar-refractivity contribution in [3.05, 3.63) is 33.6 Å². The summed E-state index contributed by atoms with van der Waals surface area (Å²) in [6.07, 6.45) is 2.68. The highest BCUT2D eigenvalue weighted by molar-refractivity contribution is 7.12. The molecule has 0 unspecified atom stereocenters. The van der Waals surface area contributed by atoms with E-state index in [0.29, 0.717) is 12.1 Å². The average molecular weight is 442 g/mol. The van der Waals surface area contributed by atoms with Crippen LogP contribution in [0.1, 0.15) is 46.4 Å². The second kappa shape index (κ2) is 9.46. The van der Waals surface area contributed by atoms with Crippen LogP contribution in [0.25, 0.3) is 22.3 Å². The van der Waals surface area contributed by atoms with E-state index >= 15 is 0 Å². The lowest BCUT2D eigenvalue weighted by molar-refractivity contribution is 0.0374. The third-order valence-corrected chi connectivity index (χ3v) is 6.62. The molecule has 0 atom stereocenters. The largest absolute Gasteiger partial charge is 0.379 e. The van der Waals surface area contributed by atoms with Crippen molar-refractivity contribution >= 4 is 28.3 Å². The number of hydrogen-bond donors (Lipinski definition) is 1. The molecule has 0 spiro atoms. The maximum Gasteiger partial charge on any atom is 0.252 e. The number of nitrogens with zero attached hydrogens (tertiary/aromatic N) is 4. The van der Waals surface area contributed by atoms with E-state index in [4.69, 9.17) is 9.72 Å². The molecule has 7 nitrogen and oxygen atoms in total. The summed E-state index contributed by atoms with van der Waals surface area (Å²) in [4.78, 5) is 22.9. The van der Waals surface area contributed by atoms with Crippen molar-refractivity contribution in [2.24, 2.45) is 0 Å². The summed E-state index contributed by atoms with van der Waals surface area (Å²) >= 11 is 1.75. The van der Waals surface area contributed by atoms with E-state index in [0.717, 1.165) is 61.6 Å². The molecule has 1 amide bonds. The van der Waals surface area contributed by atoms with Crippen molar-refractivity contribution in [1.82, 2.24) is 25.0 Å². The molecule has 0 radical (unpaired) electrons. The van der Waals surface area contributed by atoms with Crippen LogP contribution in [0.5, 0.6) is 0 Å². The number of rotatable bonds is 7. The number of aryl methyl sites for hydroxylation is 2. The lowest BCUT2D eigenvalue weighted by Crippen LogP contribution is -2.38. The Labute approximate surface area is 187 Å². The summed E-state index contributed by atoms with van der Waals surface area (Å²) in [5.41, 5.74) is 3.31. The number of thiophene rings is 1. The molecule has 0 aromatic carbocycles. The third kappa shape index (κ3) is 4.81. The predicted molar refractivity (Wildman–Crippen MR) is 125 cm³/mol. The highest BCUT2D eigenvalue weighted by Crippen LogP contribution is 2.32. The van der Waals surface area contributed by atoms with E-state index in [9.17, 15) is 4.79 Å². The van der Waals surface area contributed by atoms with Gasteiger partial charge in [0.15, 0.2) is 5.65 Å². The zero-order valence-corrected chi connectivity index (χ0v) is 19.6. The van der Waals surface area contributed by atoms with Gasteiger partial charge in [-0.15, -0.1) is 11.3 Å². The number of fused-ring (bicyclic) bond motifs is 1. The van der Waals surface area contributed by atoms with Gasteiger partial charge in [0.2, 0.25) is 0 Å². The molecule has 1 saturated heterocycles. The number of carbonyl (C=O) groups excluding carboxylic acids is 1. The molecule has 4 heterocycles. The Hall–Kier alpha value is -2.29. The number of nitrogens with one attached hydrogen (secondary N) is 1. The van der Waals surface area contributed by atoms with Crippen molar-refractivity contribution in [3.63, 3.8) is 0 Å². The highest BCUT2D eigenvalue weighted by Gasteiger charge is 2.20. The number of amides is 1. The third-order valence-electron chi connectivity index (χ3n) is 5.66. The molecule has 4 rings (SSSR count). The monoisotopic (exact) mass is 441 g/mol. The topological polar surface area (TPSA) is 72.3 Å². The molecule has 31 heavy (non-hydrogen) atoms. The minimum Gasteiger partial charge on any atom is -0.379 e. The molecule has 166 valence electrons. The van der Waals surface area contributed by atoms with E-state index in [-0.39, 0.29) is 11.9 Å². The van der Waals surface area contributed by atoms with E-state index < -0.39 is 0 Å². The zero-order valence-electron chi connectivity index (χ0n) is 18.8. The molecule has 3 aromatic rings. The van der Waals surface area contributed by atoms with Gasteiger partial charge >= 0.3 is 0 Å². The Morgan fingerprint density at radius 2 is 2.03 bits per heavy atom. The van der Waals surface area contributed by atoms with Crippen molar-refractivity contribution in [1.29, 1.82) is 0 Å². The minimum atomic E-state index is -0.0662. The first kappa shape index (κ1) is 21.9. The van der Waals surface area contributed by atoms with Gasteiger partial charge in [0.1, 0.15) is 0 Å². The molecule has 8 heteroatoms. The lowest BCUT2D eigenvalue weighted by atomic mass is 10.1. The SMILES string of the molecule is Cc1cc(-c2cc(C(=O)NCCCN3CCOCC3)c3cnn(C(C)C)c3n2)c(C)s1. The number of ether oxygens (including phenoxy) is 1. The number of hydrogen-bond acceptors (Lipinski definition) is 6. The molecule has 1 fully saturated rings. The van der Waals surface area contributed by atoms with Crippen LogP contribution in [0, 0.1) is 13.8 Å². The van der Waals surface area contributed by atoms with Crippen LogP contribution in [0.2, 0.25) is 0 Å². The molecule has 0 bridgehead atoms. The first-order chi connectivity index (χ1) is 14.9. The number of aromatic nitrogens is 3. The van der Waals surface area contributed by atoms with Gasteiger partial charge in [-0.2, -0.15) is 5.10 Å². The smallest absolute Gasteiger partial charge is 0.252 e. The molecular formula is C23H31N5O2S. The number of carbonyl (C=O) groups is 1. The van der Waals surface area contributed by atoms with E-state index in [1.807, 2.05) is 10.7 Å². The zero-order chi connectivity index (χ0) is 22.0. The van der Waals surface area contributed by atoms with Crippen LogP contribution in [-0.2, 0) is 4.74 Å². The average Bonchev–Trinajstić information content (AvgIpc) is 3.33. The Kier molecular flexibility index (Phi) is 6.69. The van der Waals surface area contributed by atoms with Crippen molar-refractivity contribution < 1.29 is 9.53 Å². The molecule has 0 saturated carbocycles. The quantitative estimate of drug-likeness (QED) is 0.565. The van der Waals surface area contributed by atoms with E-state index in [2.05, 4.69) is 49.1 Å². The first-order valence-corrected chi connectivity index (χ1v) is 11.8. The van der Waals surface area contributed by atoms with E-state index in [1.54, 1.807) is 17.5 Å². The minimum absolute atomic E-state index is 0.0662. The second-order valence-corrected chi connectivity index (χ2v) is 9.83. The van der Waals surface area contributed by atoms with Gasteiger partial charge in [-0.25, -0.2) is 9.67 Å². The van der Waals surface area contributed by atoms with Crippen molar-refractivity contribution in [3.8, 4) is 11.3 Å². The van der Waals surface area contributed by atoms with Gasteiger partial charge < -0.3 is 10.1 Å². The Morgan fingerprint density at radius 3 is 2.71 bits per heavy atom. The molecule has 0 aliphatic carbocycles. The first-order valence-electron chi connectivity index (χ1n) is 11.0. The van der Waals surface area contributed by atoms with Crippen LogP contribution in [0.15, 0.2) is 18.3 Å². The summed E-state index contributed by atoms with van der Waals surface area (Å²) < 4.78 is 7.29. The van der Waals surface area contributed by atoms with Gasteiger partial charge in [-0.1, -0.05) is 0 Å². The molecular weight excluding hydrogens is 410 g/mol. The van der Waals surface area contributed by atoms with Crippen LogP contribution < -0.4 is 5.32 Å². The summed E-state index contributed by atoms with van der Waals surface area (Å²) in [6.45, 7) is 13.5. The highest BCUT2D eigenvalue weighted by atomic mass is 32.1.